The van der Waals surface area contributed by atoms with Crippen LogP contribution >= 0.6 is 0 Å². The van der Waals surface area contributed by atoms with E-state index in [-0.39, 0.29) is 6.17 Å². The van der Waals surface area contributed by atoms with Gasteiger partial charge in [0.1, 0.15) is 0 Å². The first-order chi connectivity index (χ1) is 10.1. The molecule has 21 heavy (non-hydrogen) atoms. The summed E-state index contributed by atoms with van der Waals surface area (Å²) in [5.41, 5.74) is 9.44. The first kappa shape index (κ1) is 13.8. The molecule has 0 saturated carbocycles. The van der Waals surface area contributed by atoms with Gasteiger partial charge in [0.2, 0.25) is 5.91 Å². The predicted molar refractivity (Wildman–Crippen MR) is 83.8 cm³/mol. The minimum atomic E-state index is -0.406. The minimum absolute atomic E-state index is 0.276. The topological polar surface area (TPSA) is 61.9 Å². The number of benzene rings is 1. The van der Waals surface area contributed by atoms with Crippen molar-refractivity contribution in [3.05, 3.63) is 41.6 Å². The van der Waals surface area contributed by atoms with Crippen LogP contribution in [0.5, 0.6) is 0 Å². The molecule has 1 aromatic carbocycles. The molecule has 1 unspecified atom stereocenters. The van der Waals surface area contributed by atoms with E-state index < -0.39 is 5.91 Å². The molecule has 2 aliphatic rings. The fourth-order valence-electron chi connectivity index (χ4n) is 2.76. The van der Waals surface area contributed by atoms with Gasteiger partial charge in [-0.15, -0.1) is 0 Å². The highest BCUT2D eigenvalue weighted by Crippen LogP contribution is 2.31. The van der Waals surface area contributed by atoms with Crippen molar-refractivity contribution in [3.8, 4) is 0 Å². The van der Waals surface area contributed by atoms with Crippen LogP contribution < -0.4 is 10.7 Å². The number of nitrogens with two attached hydrogens (primary N) is 1. The Bertz CT molecular complexity index is 618. The highest BCUT2D eigenvalue weighted by Gasteiger charge is 2.37. The van der Waals surface area contributed by atoms with E-state index in [0.29, 0.717) is 5.57 Å². The number of fused-ring (bicyclic) bond motifs is 1. The number of hydrogen-bond donors (Lipinski definition) is 1. The summed E-state index contributed by atoms with van der Waals surface area (Å²) in [7, 11) is 0. The zero-order chi connectivity index (χ0) is 15.0. The van der Waals surface area contributed by atoms with Crippen LogP contribution in [0.4, 0.5) is 5.69 Å². The van der Waals surface area contributed by atoms with Crippen molar-refractivity contribution in [2.24, 2.45) is 10.7 Å². The summed E-state index contributed by atoms with van der Waals surface area (Å²) in [5, 5.41) is 4.09. The second kappa shape index (κ2) is 5.33. The molecule has 0 aromatic heterocycles. The monoisotopic (exact) mass is 284 g/mol. The van der Waals surface area contributed by atoms with Gasteiger partial charge in [-0.1, -0.05) is 19.1 Å². The van der Waals surface area contributed by atoms with Gasteiger partial charge in [0.15, 0.2) is 6.17 Å². The molecule has 0 radical (unpaired) electrons. The molecule has 0 fully saturated rings. The highest BCUT2D eigenvalue weighted by molar-refractivity contribution is 5.95. The molecular weight excluding hydrogens is 264 g/mol. The first-order valence-corrected chi connectivity index (χ1v) is 7.29. The molecule has 0 bridgehead atoms. The maximum absolute atomic E-state index is 11.7. The molecule has 3 rings (SSSR count). The maximum Gasteiger partial charge on any atom is 0.249 e. The Hall–Kier alpha value is -2.14. The third-order valence-electron chi connectivity index (χ3n) is 4.04. The lowest BCUT2D eigenvalue weighted by atomic mass is 10.1. The number of amides is 1. The number of hydrogen-bond acceptors (Lipinski definition) is 4. The largest absolute Gasteiger partial charge is 0.366 e. The van der Waals surface area contributed by atoms with Crippen LogP contribution in [0.25, 0.3) is 0 Å². The zero-order valence-corrected chi connectivity index (χ0v) is 12.4. The van der Waals surface area contributed by atoms with E-state index in [1.807, 2.05) is 18.1 Å². The van der Waals surface area contributed by atoms with E-state index in [9.17, 15) is 4.79 Å². The van der Waals surface area contributed by atoms with Gasteiger partial charge in [0, 0.05) is 18.5 Å². The van der Waals surface area contributed by atoms with Crippen LogP contribution in [0.2, 0.25) is 0 Å². The Labute approximate surface area is 124 Å². The first-order valence-electron chi connectivity index (χ1n) is 7.29. The van der Waals surface area contributed by atoms with Crippen LogP contribution in [0, 0.1) is 0 Å². The molecule has 110 valence electrons. The number of rotatable bonds is 3. The molecule has 0 spiro atoms. The van der Waals surface area contributed by atoms with Crippen LogP contribution in [0.3, 0.4) is 0 Å². The average molecular weight is 284 g/mol. The van der Waals surface area contributed by atoms with Gasteiger partial charge in [-0.05, 0) is 37.5 Å². The Morgan fingerprint density at radius 2 is 2.10 bits per heavy atom. The number of anilines is 1. The van der Waals surface area contributed by atoms with E-state index in [1.165, 1.54) is 5.56 Å². The minimum Gasteiger partial charge on any atom is -0.366 e. The van der Waals surface area contributed by atoms with E-state index in [4.69, 9.17) is 5.73 Å². The van der Waals surface area contributed by atoms with E-state index in [0.717, 1.165) is 30.8 Å². The van der Waals surface area contributed by atoms with Crippen molar-refractivity contribution in [1.29, 1.82) is 0 Å². The number of carbonyl (C=O) groups is 1. The van der Waals surface area contributed by atoms with E-state index in [2.05, 4.69) is 41.2 Å². The van der Waals surface area contributed by atoms with Gasteiger partial charge in [0.05, 0.1) is 11.3 Å². The molecule has 0 saturated heterocycles. The fourth-order valence-corrected chi connectivity index (χ4v) is 2.76. The molecule has 2 N–H and O–H groups in total. The van der Waals surface area contributed by atoms with E-state index in [1.54, 1.807) is 0 Å². The lowest BCUT2D eigenvalue weighted by Gasteiger charge is -2.35. The summed E-state index contributed by atoms with van der Waals surface area (Å²) < 4.78 is 0. The third kappa shape index (κ3) is 2.45. The number of hydrazine groups is 1. The fraction of sp³-hybridized carbons (Fsp3) is 0.375. The van der Waals surface area contributed by atoms with Gasteiger partial charge in [-0.25, -0.2) is 0 Å². The summed E-state index contributed by atoms with van der Waals surface area (Å²) in [5.74, 6) is -0.406. The summed E-state index contributed by atoms with van der Waals surface area (Å²) in [6, 6.07) is 8.36. The second-order valence-electron chi connectivity index (χ2n) is 5.46. The van der Waals surface area contributed by atoms with Crippen molar-refractivity contribution in [2.45, 2.75) is 32.9 Å². The van der Waals surface area contributed by atoms with Gasteiger partial charge >= 0.3 is 0 Å². The number of nitrogens with zero attached hydrogens (tertiary/aromatic N) is 3. The molecular formula is C16H20N4O. The molecule has 1 amide bonds. The van der Waals surface area contributed by atoms with Crippen molar-refractivity contribution < 1.29 is 4.79 Å². The molecule has 5 nitrogen and oxygen atoms in total. The zero-order valence-electron chi connectivity index (χ0n) is 12.4. The molecule has 0 aliphatic carbocycles. The predicted octanol–water partition coefficient (Wildman–Crippen LogP) is 1.85. The summed E-state index contributed by atoms with van der Waals surface area (Å²) >= 11 is 0. The number of aliphatic imine (C=N–C) groups is 1. The summed E-state index contributed by atoms with van der Waals surface area (Å²) in [6.07, 6.45) is 3.45. The van der Waals surface area contributed by atoms with Crippen molar-refractivity contribution >= 4 is 17.3 Å². The SMILES string of the molecule is CCc1ccc(N2C=C(C(N)=O)C3N=C(C)CCN32)cc1. The highest BCUT2D eigenvalue weighted by atomic mass is 16.1. The van der Waals surface area contributed by atoms with Crippen molar-refractivity contribution in [2.75, 3.05) is 11.6 Å². The Morgan fingerprint density at radius 3 is 2.71 bits per heavy atom. The smallest absolute Gasteiger partial charge is 0.249 e. The lowest BCUT2D eigenvalue weighted by molar-refractivity contribution is -0.115. The van der Waals surface area contributed by atoms with E-state index >= 15 is 0 Å². The number of primary amides is 1. The van der Waals surface area contributed by atoms with Crippen molar-refractivity contribution in [1.82, 2.24) is 5.01 Å². The molecule has 1 aromatic rings. The summed E-state index contributed by atoms with van der Waals surface area (Å²) in [4.78, 5) is 16.3. The van der Waals surface area contributed by atoms with Crippen molar-refractivity contribution in [3.63, 3.8) is 0 Å². The Kier molecular flexibility index (Phi) is 3.51. The van der Waals surface area contributed by atoms with Crippen LogP contribution in [-0.4, -0.2) is 29.3 Å². The normalized spacial score (nSPS) is 21.8. The molecule has 2 aliphatic heterocycles. The standard InChI is InChI=1S/C16H20N4O/c1-3-12-4-6-13(7-5-12)20-10-14(15(17)21)16-18-11(2)8-9-19(16)20/h4-7,10,16H,3,8-9H2,1-2H3,(H2,17,21). The lowest BCUT2D eigenvalue weighted by Crippen LogP contribution is -2.45. The van der Waals surface area contributed by atoms with Gasteiger partial charge in [-0.2, -0.15) is 5.01 Å². The molecule has 1 atom stereocenters. The second-order valence-corrected chi connectivity index (χ2v) is 5.46. The number of carbonyl (C=O) groups excluding carboxylic acids is 1. The quantitative estimate of drug-likeness (QED) is 0.921. The number of aryl methyl sites for hydroxylation is 1. The van der Waals surface area contributed by atoms with Gasteiger partial charge in [-0.3, -0.25) is 14.8 Å². The Balaban J connectivity index is 1.96. The van der Waals surface area contributed by atoms with Gasteiger partial charge in [0.25, 0.3) is 0 Å². The molecule has 5 heteroatoms. The maximum atomic E-state index is 11.7. The van der Waals surface area contributed by atoms with Gasteiger partial charge < -0.3 is 5.73 Å². The van der Waals surface area contributed by atoms with Crippen LogP contribution in [-0.2, 0) is 11.2 Å². The average Bonchev–Trinajstić information content (AvgIpc) is 2.86. The van der Waals surface area contributed by atoms with Crippen LogP contribution in [0.15, 0.2) is 41.0 Å². The van der Waals surface area contributed by atoms with Crippen LogP contribution in [0.1, 0.15) is 25.8 Å². The summed E-state index contributed by atoms with van der Waals surface area (Å²) in [6.45, 7) is 4.96. The Morgan fingerprint density at radius 1 is 1.38 bits per heavy atom. The third-order valence-corrected chi connectivity index (χ3v) is 4.04. The molecule has 2 heterocycles.